The SMILES string of the molecule is O=C1CCCN1CCCCCCCCCS. The van der Waals surface area contributed by atoms with E-state index in [9.17, 15) is 4.79 Å². The third-order valence-corrected chi connectivity index (χ3v) is 3.57. The molecule has 3 heteroatoms. The first-order chi connectivity index (χ1) is 7.84. The van der Waals surface area contributed by atoms with Crippen molar-refractivity contribution in [3.05, 3.63) is 0 Å². The molecule has 1 heterocycles. The Morgan fingerprint density at radius 3 is 2.19 bits per heavy atom. The molecule has 0 aromatic heterocycles. The summed E-state index contributed by atoms with van der Waals surface area (Å²) in [6.45, 7) is 2.00. The molecule has 0 aromatic rings. The molecule has 1 aliphatic heterocycles. The number of thiol groups is 1. The normalized spacial score (nSPS) is 16.1. The molecule has 1 amide bonds. The van der Waals surface area contributed by atoms with Gasteiger partial charge in [-0.1, -0.05) is 32.1 Å². The van der Waals surface area contributed by atoms with Crippen LogP contribution >= 0.6 is 12.6 Å². The number of rotatable bonds is 9. The minimum atomic E-state index is 0.369. The van der Waals surface area contributed by atoms with Gasteiger partial charge in [0.1, 0.15) is 0 Å². The van der Waals surface area contributed by atoms with E-state index < -0.39 is 0 Å². The van der Waals surface area contributed by atoms with Crippen molar-refractivity contribution in [2.45, 2.75) is 57.8 Å². The van der Waals surface area contributed by atoms with E-state index in [0.29, 0.717) is 5.91 Å². The van der Waals surface area contributed by atoms with Crippen LogP contribution in [0.5, 0.6) is 0 Å². The number of carbonyl (C=O) groups is 1. The van der Waals surface area contributed by atoms with Crippen LogP contribution < -0.4 is 0 Å². The summed E-state index contributed by atoms with van der Waals surface area (Å²) in [6, 6.07) is 0. The fourth-order valence-electron chi connectivity index (χ4n) is 2.24. The van der Waals surface area contributed by atoms with E-state index >= 15 is 0 Å². The van der Waals surface area contributed by atoms with Crippen molar-refractivity contribution in [3.63, 3.8) is 0 Å². The molecule has 16 heavy (non-hydrogen) atoms. The maximum atomic E-state index is 11.3. The Balaban J connectivity index is 1.83. The van der Waals surface area contributed by atoms with Crippen LogP contribution in [0.25, 0.3) is 0 Å². The van der Waals surface area contributed by atoms with Crippen molar-refractivity contribution >= 4 is 18.5 Å². The van der Waals surface area contributed by atoms with Gasteiger partial charge >= 0.3 is 0 Å². The summed E-state index contributed by atoms with van der Waals surface area (Å²) in [4.78, 5) is 13.4. The highest BCUT2D eigenvalue weighted by atomic mass is 32.1. The van der Waals surface area contributed by atoms with Crippen LogP contribution in [-0.2, 0) is 4.79 Å². The zero-order valence-corrected chi connectivity index (χ0v) is 11.2. The van der Waals surface area contributed by atoms with E-state index in [4.69, 9.17) is 0 Å². The summed E-state index contributed by atoms with van der Waals surface area (Å²) in [7, 11) is 0. The van der Waals surface area contributed by atoms with Crippen molar-refractivity contribution in [2.24, 2.45) is 0 Å². The fraction of sp³-hybridized carbons (Fsp3) is 0.923. The third kappa shape index (κ3) is 5.78. The number of hydrogen-bond donors (Lipinski definition) is 1. The maximum absolute atomic E-state index is 11.3. The molecule has 0 saturated carbocycles. The molecule has 0 unspecified atom stereocenters. The monoisotopic (exact) mass is 243 g/mol. The Bertz CT molecular complexity index is 196. The standard InChI is InChI=1S/C13H25NOS/c15-13-9-8-11-14(13)10-6-4-2-1-3-5-7-12-16/h16H,1-12H2. The van der Waals surface area contributed by atoms with Gasteiger partial charge in [-0.05, 0) is 25.0 Å². The van der Waals surface area contributed by atoms with E-state index in [0.717, 1.165) is 31.7 Å². The van der Waals surface area contributed by atoms with Gasteiger partial charge in [-0.15, -0.1) is 0 Å². The second-order valence-corrected chi connectivity index (χ2v) is 5.13. The summed E-state index contributed by atoms with van der Waals surface area (Å²) in [6.07, 6.45) is 10.9. The van der Waals surface area contributed by atoms with E-state index in [1.54, 1.807) is 0 Å². The molecule has 0 aliphatic carbocycles. The molecule has 0 aromatic carbocycles. The molecule has 0 N–H and O–H groups in total. The van der Waals surface area contributed by atoms with Crippen LogP contribution in [0.4, 0.5) is 0 Å². The number of unbranched alkanes of at least 4 members (excludes halogenated alkanes) is 6. The van der Waals surface area contributed by atoms with Gasteiger partial charge in [-0.25, -0.2) is 0 Å². The minimum absolute atomic E-state index is 0.369. The lowest BCUT2D eigenvalue weighted by Gasteiger charge is -2.14. The van der Waals surface area contributed by atoms with Gasteiger partial charge in [0.2, 0.25) is 5.91 Å². The molecule has 0 bridgehead atoms. The van der Waals surface area contributed by atoms with E-state index in [-0.39, 0.29) is 0 Å². The Labute approximate surface area is 105 Å². The number of likely N-dealkylation sites (tertiary alicyclic amines) is 1. The van der Waals surface area contributed by atoms with Gasteiger partial charge in [0.05, 0.1) is 0 Å². The average Bonchev–Trinajstić information content (AvgIpc) is 2.68. The third-order valence-electron chi connectivity index (χ3n) is 3.26. The summed E-state index contributed by atoms with van der Waals surface area (Å²) in [5, 5.41) is 0. The molecule has 1 saturated heterocycles. The zero-order valence-electron chi connectivity index (χ0n) is 10.3. The summed E-state index contributed by atoms with van der Waals surface area (Å²) in [5.41, 5.74) is 0. The van der Waals surface area contributed by atoms with Crippen molar-refractivity contribution in [2.75, 3.05) is 18.8 Å². The molecular weight excluding hydrogens is 218 g/mol. The van der Waals surface area contributed by atoms with Gasteiger partial charge < -0.3 is 4.90 Å². The highest BCUT2D eigenvalue weighted by Crippen LogP contribution is 2.12. The number of hydrogen-bond acceptors (Lipinski definition) is 2. The first-order valence-corrected chi connectivity index (χ1v) is 7.36. The molecule has 94 valence electrons. The molecule has 2 nitrogen and oxygen atoms in total. The quantitative estimate of drug-likeness (QED) is 0.487. The van der Waals surface area contributed by atoms with Crippen molar-refractivity contribution < 1.29 is 4.79 Å². The van der Waals surface area contributed by atoms with Gasteiger partial charge in [0, 0.05) is 19.5 Å². The van der Waals surface area contributed by atoms with Crippen molar-refractivity contribution in [1.82, 2.24) is 4.90 Å². The van der Waals surface area contributed by atoms with Crippen LogP contribution in [-0.4, -0.2) is 29.6 Å². The minimum Gasteiger partial charge on any atom is -0.343 e. The van der Waals surface area contributed by atoms with Crippen LogP contribution in [0.3, 0.4) is 0 Å². The van der Waals surface area contributed by atoms with Gasteiger partial charge in [0.15, 0.2) is 0 Å². The Kier molecular flexibility index (Phi) is 7.73. The Hall–Kier alpha value is -0.180. The second kappa shape index (κ2) is 8.91. The average molecular weight is 243 g/mol. The molecule has 0 spiro atoms. The van der Waals surface area contributed by atoms with Crippen LogP contribution in [0, 0.1) is 0 Å². The zero-order chi connectivity index (χ0) is 11.6. The Morgan fingerprint density at radius 2 is 1.62 bits per heavy atom. The lowest BCUT2D eigenvalue weighted by atomic mass is 10.1. The lowest BCUT2D eigenvalue weighted by molar-refractivity contribution is -0.127. The number of amides is 1. The molecule has 0 atom stereocenters. The van der Waals surface area contributed by atoms with E-state index in [1.165, 1.54) is 44.9 Å². The highest BCUT2D eigenvalue weighted by Gasteiger charge is 2.18. The van der Waals surface area contributed by atoms with Crippen LogP contribution in [0.1, 0.15) is 57.8 Å². The molecule has 1 fully saturated rings. The number of carbonyl (C=O) groups excluding carboxylic acids is 1. The van der Waals surface area contributed by atoms with Crippen molar-refractivity contribution in [1.29, 1.82) is 0 Å². The van der Waals surface area contributed by atoms with E-state index in [1.807, 2.05) is 4.90 Å². The maximum Gasteiger partial charge on any atom is 0.222 e. The molecular formula is C13H25NOS. The van der Waals surface area contributed by atoms with Crippen LogP contribution in [0.15, 0.2) is 0 Å². The van der Waals surface area contributed by atoms with Crippen LogP contribution in [0.2, 0.25) is 0 Å². The predicted octanol–water partition coefficient (Wildman–Crippen LogP) is 3.27. The lowest BCUT2D eigenvalue weighted by Crippen LogP contribution is -2.25. The van der Waals surface area contributed by atoms with Gasteiger partial charge in [0.25, 0.3) is 0 Å². The smallest absolute Gasteiger partial charge is 0.222 e. The first-order valence-electron chi connectivity index (χ1n) is 6.73. The summed E-state index contributed by atoms with van der Waals surface area (Å²) < 4.78 is 0. The predicted molar refractivity (Wildman–Crippen MR) is 72.0 cm³/mol. The molecule has 1 aliphatic rings. The van der Waals surface area contributed by atoms with Gasteiger partial charge in [-0.2, -0.15) is 12.6 Å². The molecule has 0 radical (unpaired) electrons. The summed E-state index contributed by atoms with van der Waals surface area (Å²) in [5.74, 6) is 1.39. The summed E-state index contributed by atoms with van der Waals surface area (Å²) >= 11 is 4.20. The molecule has 1 rings (SSSR count). The second-order valence-electron chi connectivity index (χ2n) is 4.68. The first kappa shape index (κ1) is 13.9. The number of nitrogens with zero attached hydrogens (tertiary/aromatic N) is 1. The fourth-order valence-corrected chi connectivity index (χ4v) is 2.46. The highest BCUT2D eigenvalue weighted by molar-refractivity contribution is 7.80. The van der Waals surface area contributed by atoms with Gasteiger partial charge in [-0.3, -0.25) is 4.79 Å². The Morgan fingerprint density at radius 1 is 1.00 bits per heavy atom. The largest absolute Gasteiger partial charge is 0.343 e. The topological polar surface area (TPSA) is 20.3 Å². The van der Waals surface area contributed by atoms with Crippen molar-refractivity contribution in [3.8, 4) is 0 Å². The van der Waals surface area contributed by atoms with E-state index in [2.05, 4.69) is 12.6 Å².